The number of carbonyl (C=O) groups excluding carboxylic acids is 2. The number of hydrogen-bond donors (Lipinski definition) is 2. The first-order valence-corrected chi connectivity index (χ1v) is 8.05. The third-order valence-electron chi connectivity index (χ3n) is 1.78. The SMILES string of the molecule is CC.CCC.CCC.NC(=O)Cc1ccc(CC(N)=O)cc1. The highest BCUT2D eigenvalue weighted by atomic mass is 16.1. The molecule has 0 saturated heterocycles. The van der Waals surface area contributed by atoms with Gasteiger partial charge in [-0.2, -0.15) is 0 Å². The number of nitrogens with two attached hydrogens (primary N) is 2. The first-order chi connectivity index (χ1) is 10.4. The molecule has 0 aliphatic carbocycles. The van der Waals surface area contributed by atoms with Crippen LogP contribution in [0.2, 0.25) is 0 Å². The van der Waals surface area contributed by atoms with E-state index in [1.165, 1.54) is 12.8 Å². The zero-order chi connectivity index (χ0) is 18.0. The predicted molar refractivity (Wildman–Crippen MR) is 95.5 cm³/mol. The zero-order valence-corrected chi connectivity index (χ0v) is 15.1. The summed E-state index contributed by atoms with van der Waals surface area (Å²) >= 11 is 0. The van der Waals surface area contributed by atoms with E-state index in [2.05, 4.69) is 27.7 Å². The second-order valence-corrected chi connectivity index (χ2v) is 4.52. The molecule has 1 rings (SSSR count). The van der Waals surface area contributed by atoms with Crippen molar-refractivity contribution in [2.24, 2.45) is 11.5 Å². The van der Waals surface area contributed by atoms with Gasteiger partial charge in [-0.1, -0.05) is 78.6 Å². The lowest BCUT2D eigenvalue weighted by molar-refractivity contribution is -0.118. The molecule has 0 radical (unpaired) electrons. The van der Waals surface area contributed by atoms with Gasteiger partial charge in [-0.05, 0) is 11.1 Å². The summed E-state index contributed by atoms with van der Waals surface area (Å²) in [5.41, 5.74) is 11.7. The van der Waals surface area contributed by atoms with Crippen LogP contribution in [-0.2, 0) is 22.4 Å². The summed E-state index contributed by atoms with van der Waals surface area (Å²) < 4.78 is 0. The monoisotopic (exact) mass is 310 g/mol. The first-order valence-electron chi connectivity index (χ1n) is 8.05. The Kier molecular flexibility index (Phi) is 21.9. The highest BCUT2D eigenvalue weighted by Crippen LogP contribution is 2.05. The Hall–Kier alpha value is -1.84. The molecule has 4 N–H and O–H groups in total. The van der Waals surface area contributed by atoms with Crippen LogP contribution in [0.25, 0.3) is 0 Å². The summed E-state index contributed by atoms with van der Waals surface area (Å²) in [5.74, 6) is -0.736. The Morgan fingerprint density at radius 1 is 0.727 bits per heavy atom. The van der Waals surface area contributed by atoms with Crippen LogP contribution in [0.3, 0.4) is 0 Å². The van der Waals surface area contributed by atoms with Crippen molar-refractivity contribution < 1.29 is 9.59 Å². The van der Waals surface area contributed by atoms with E-state index in [1.807, 2.05) is 13.8 Å². The van der Waals surface area contributed by atoms with Gasteiger partial charge in [0, 0.05) is 0 Å². The van der Waals surface area contributed by atoms with Crippen LogP contribution in [0.4, 0.5) is 0 Å². The Morgan fingerprint density at radius 2 is 0.909 bits per heavy atom. The third-order valence-corrected chi connectivity index (χ3v) is 1.78. The Balaban J connectivity index is -0.000000382. The Bertz CT molecular complexity index is 336. The number of benzene rings is 1. The van der Waals surface area contributed by atoms with E-state index in [4.69, 9.17) is 11.5 Å². The number of hydrogen-bond acceptors (Lipinski definition) is 2. The molecule has 22 heavy (non-hydrogen) atoms. The average molecular weight is 310 g/mol. The number of carbonyl (C=O) groups is 2. The Morgan fingerprint density at radius 3 is 1.05 bits per heavy atom. The van der Waals surface area contributed by atoms with Crippen molar-refractivity contribution in [1.82, 2.24) is 0 Å². The quantitative estimate of drug-likeness (QED) is 0.890. The summed E-state index contributed by atoms with van der Waals surface area (Å²) in [7, 11) is 0. The van der Waals surface area contributed by atoms with Crippen molar-refractivity contribution in [1.29, 1.82) is 0 Å². The summed E-state index contributed by atoms with van der Waals surface area (Å²) in [6.07, 6.45) is 2.94. The fourth-order valence-electron chi connectivity index (χ4n) is 1.18. The van der Waals surface area contributed by atoms with Crippen LogP contribution >= 0.6 is 0 Å². The minimum atomic E-state index is -0.368. The van der Waals surface area contributed by atoms with Crippen LogP contribution in [0.15, 0.2) is 24.3 Å². The molecule has 0 saturated carbocycles. The van der Waals surface area contributed by atoms with Gasteiger partial charge in [-0.25, -0.2) is 0 Å². The second kappa shape index (κ2) is 19.2. The van der Waals surface area contributed by atoms with E-state index in [0.29, 0.717) is 0 Å². The minimum absolute atomic E-state index is 0.219. The average Bonchev–Trinajstić information content (AvgIpc) is 2.44. The van der Waals surface area contributed by atoms with Crippen LogP contribution in [0.1, 0.15) is 65.5 Å². The van der Waals surface area contributed by atoms with Gasteiger partial charge in [0.1, 0.15) is 0 Å². The fraction of sp³-hybridized carbons (Fsp3) is 0.556. The van der Waals surface area contributed by atoms with Crippen LogP contribution in [0.5, 0.6) is 0 Å². The molecular weight excluding hydrogens is 276 g/mol. The van der Waals surface area contributed by atoms with Gasteiger partial charge >= 0.3 is 0 Å². The molecule has 0 unspecified atom stereocenters. The van der Waals surface area contributed by atoms with Crippen LogP contribution in [-0.4, -0.2) is 11.8 Å². The van der Waals surface area contributed by atoms with Gasteiger partial charge in [0.2, 0.25) is 11.8 Å². The number of amides is 2. The van der Waals surface area contributed by atoms with Crippen molar-refractivity contribution >= 4 is 11.8 Å². The van der Waals surface area contributed by atoms with E-state index in [9.17, 15) is 9.59 Å². The molecule has 1 aromatic rings. The molecule has 1 aromatic carbocycles. The molecule has 128 valence electrons. The standard InChI is InChI=1S/C10H12N2O2.2C3H8.C2H6/c11-9(13)5-7-1-2-8(4-3-7)6-10(12)14;2*1-3-2;1-2/h1-4H,5-6H2,(H2,11,13)(H2,12,14);2*3H2,1-2H3;1-2H3. The van der Waals surface area contributed by atoms with E-state index < -0.39 is 0 Å². The lowest BCUT2D eigenvalue weighted by Gasteiger charge is -2.00. The topological polar surface area (TPSA) is 86.2 Å². The maximum Gasteiger partial charge on any atom is 0.221 e. The van der Waals surface area contributed by atoms with Gasteiger partial charge in [-0.3, -0.25) is 9.59 Å². The molecule has 0 heterocycles. The van der Waals surface area contributed by atoms with Crippen LogP contribution < -0.4 is 11.5 Å². The fourth-order valence-corrected chi connectivity index (χ4v) is 1.18. The molecule has 4 nitrogen and oxygen atoms in total. The van der Waals surface area contributed by atoms with Gasteiger partial charge in [-0.15, -0.1) is 0 Å². The molecule has 0 fully saturated rings. The number of rotatable bonds is 4. The normalized spacial score (nSPS) is 8.09. The van der Waals surface area contributed by atoms with Crippen molar-refractivity contribution in [3.63, 3.8) is 0 Å². The first kappa shape index (κ1) is 25.1. The maximum atomic E-state index is 10.6. The molecule has 0 atom stereocenters. The van der Waals surface area contributed by atoms with E-state index in [1.54, 1.807) is 24.3 Å². The molecule has 2 amide bonds. The molecule has 0 aromatic heterocycles. The minimum Gasteiger partial charge on any atom is -0.369 e. The number of primary amides is 2. The molecular formula is C18H34N2O2. The lowest BCUT2D eigenvalue weighted by atomic mass is 10.1. The van der Waals surface area contributed by atoms with Gasteiger partial charge < -0.3 is 11.5 Å². The van der Waals surface area contributed by atoms with Gasteiger partial charge in [0.25, 0.3) is 0 Å². The van der Waals surface area contributed by atoms with Crippen molar-refractivity contribution in [3.05, 3.63) is 35.4 Å². The van der Waals surface area contributed by atoms with Gasteiger partial charge in [0.05, 0.1) is 12.8 Å². The summed E-state index contributed by atoms with van der Waals surface area (Å²) in [4.78, 5) is 21.2. The predicted octanol–water partition coefficient (Wildman–Crippen LogP) is 3.60. The molecule has 4 heteroatoms. The van der Waals surface area contributed by atoms with Crippen LogP contribution in [0, 0.1) is 0 Å². The van der Waals surface area contributed by atoms with Crippen molar-refractivity contribution in [2.45, 2.75) is 67.2 Å². The largest absolute Gasteiger partial charge is 0.369 e. The summed E-state index contributed by atoms with van der Waals surface area (Å²) in [6, 6.07) is 7.07. The second-order valence-electron chi connectivity index (χ2n) is 4.52. The summed E-state index contributed by atoms with van der Waals surface area (Å²) in [6.45, 7) is 12.5. The maximum absolute atomic E-state index is 10.6. The Labute approximate surface area is 136 Å². The smallest absolute Gasteiger partial charge is 0.221 e. The molecule has 0 aliphatic heterocycles. The van der Waals surface area contributed by atoms with Crippen molar-refractivity contribution in [2.75, 3.05) is 0 Å². The van der Waals surface area contributed by atoms with Gasteiger partial charge in [0.15, 0.2) is 0 Å². The lowest BCUT2D eigenvalue weighted by Crippen LogP contribution is -2.14. The van der Waals surface area contributed by atoms with Crippen molar-refractivity contribution in [3.8, 4) is 0 Å². The molecule has 0 bridgehead atoms. The zero-order valence-electron chi connectivity index (χ0n) is 15.1. The highest BCUT2D eigenvalue weighted by molar-refractivity contribution is 5.77. The summed E-state index contributed by atoms with van der Waals surface area (Å²) in [5, 5.41) is 0. The molecule has 0 spiro atoms. The molecule has 0 aliphatic rings. The van der Waals surface area contributed by atoms with E-state index in [-0.39, 0.29) is 24.7 Å². The highest BCUT2D eigenvalue weighted by Gasteiger charge is 2.00. The van der Waals surface area contributed by atoms with E-state index in [0.717, 1.165) is 11.1 Å². The third kappa shape index (κ3) is 20.5. The van der Waals surface area contributed by atoms with E-state index >= 15 is 0 Å².